The van der Waals surface area contributed by atoms with Crippen molar-refractivity contribution in [3.63, 3.8) is 0 Å². The summed E-state index contributed by atoms with van der Waals surface area (Å²) in [7, 11) is -3.81. The summed E-state index contributed by atoms with van der Waals surface area (Å²) in [5.74, 6) is 0.155. The SMILES string of the molecule is CCCC[C@@H](CC)CNC(=O)CN1c2cc(C)cc(C)c2-c2ccccc2S1(=O)=O. The second-order valence-electron chi connectivity index (χ2n) is 8.20. The Bertz CT molecular complexity index is 1030. The fourth-order valence-corrected chi connectivity index (χ4v) is 5.82. The Hall–Kier alpha value is -2.34. The molecule has 0 aromatic heterocycles. The first-order valence-electron chi connectivity index (χ1n) is 10.8. The molecule has 0 saturated heterocycles. The summed E-state index contributed by atoms with van der Waals surface area (Å²) < 4.78 is 28.1. The van der Waals surface area contributed by atoms with Gasteiger partial charge in [-0.15, -0.1) is 0 Å². The topological polar surface area (TPSA) is 66.5 Å². The fraction of sp³-hybridized carbons (Fsp3) is 0.458. The Morgan fingerprint density at radius 1 is 1.13 bits per heavy atom. The molecular formula is C24H32N2O3S. The molecule has 0 bridgehead atoms. The van der Waals surface area contributed by atoms with Crippen molar-refractivity contribution < 1.29 is 13.2 Å². The summed E-state index contributed by atoms with van der Waals surface area (Å²) in [6, 6.07) is 10.9. The van der Waals surface area contributed by atoms with Gasteiger partial charge in [0, 0.05) is 17.7 Å². The van der Waals surface area contributed by atoms with Crippen LogP contribution in [-0.4, -0.2) is 27.4 Å². The summed E-state index contributed by atoms with van der Waals surface area (Å²) in [5, 5.41) is 2.97. The predicted molar refractivity (Wildman–Crippen MR) is 122 cm³/mol. The molecule has 0 radical (unpaired) electrons. The first kappa shape index (κ1) is 22.3. The summed E-state index contributed by atoms with van der Waals surface area (Å²) in [6.07, 6.45) is 4.34. The number of nitrogens with zero attached hydrogens (tertiary/aromatic N) is 1. The second-order valence-corrected chi connectivity index (χ2v) is 10.0. The van der Waals surface area contributed by atoms with Gasteiger partial charge in [-0.3, -0.25) is 9.10 Å². The van der Waals surface area contributed by atoms with Crippen molar-refractivity contribution in [2.24, 2.45) is 5.92 Å². The standard InChI is InChI=1S/C24H32N2O3S/c1-5-7-10-19(6-2)15-25-23(27)16-26-21-14-17(3)13-18(4)24(21)20-11-8-9-12-22(20)30(26,28)29/h8-9,11-14,19H,5-7,10,15-16H2,1-4H3,(H,25,27)/t19-/m1/s1. The van der Waals surface area contributed by atoms with Gasteiger partial charge < -0.3 is 5.32 Å². The lowest BCUT2D eigenvalue weighted by molar-refractivity contribution is -0.119. The number of hydrogen-bond acceptors (Lipinski definition) is 3. The van der Waals surface area contributed by atoms with E-state index in [9.17, 15) is 13.2 Å². The Morgan fingerprint density at radius 2 is 1.87 bits per heavy atom. The van der Waals surface area contributed by atoms with Crippen LogP contribution in [0.2, 0.25) is 0 Å². The normalized spacial score (nSPS) is 15.3. The smallest absolute Gasteiger partial charge is 0.265 e. The van der Waals surface area contributed by atoms with Crippen LogP contribution in [0.3, 0.4) is 0 Å². The van der Waals surface area contributed by atoms with E-state index in [-0.39, 0.29) is 17.3 Å². The van der Waals surface area contributed by atoms with E-state index in [0.717, 1.165) is 42.4 Å². The monoisotopic (exact) mass is 428 g/mol. The van der Waals surface area contributed by atoms with Crippen LogP contribution in [0.15, 0.2) is 41.3 Å². The van der Waals surface area contributed by atoms with Crippen molar-refractivity contribution in [2.45, 2.75) is 58.3 Å². The van der Waals surface area contributed by atoms with Crippen LogP contribution in [0, 0.1) is 19.8 Å². The minimum atomic E-state index is -3.81. The van der Waals surface area contributed by atoms with Gasteiger partial charge in [-0.1, -0.05) is 57.4 Å². The van der Waals surface area contributed by atoms with Gasteiger partial charge in [0.2, 0.25) is 5.91 Å². The lowest BCUT2D eigenvalue weighted by Gasteiger charge is -2.33. The highest BCUT2D eigenvalue weighted by Crippen LogP contribution is 2.45. The number of sulfonamides is 1. The van der Waals surface area contributed by atoms with Crippen molar-refractivity contribution >= 4 is 21.6 Å². The highest BCUT2D eigenvalue weighted by atomic mass is 32.2. The molecule has 3 rings (SSSR count). The number of anilines is 1. The third-order valence-electron chi connectivity index (χ3n) is 5.87. The van der Waals surface area contributed by atoms with E-state index in [0.29, 0.717) is 23.7 Å². The molecule has 1 aliphatic heterocycles. The van der Waals surface area contributed by atoms with E-state index >= 15 is 0 Å². The van der Waals surface area contributed by atoms with Crippen LogP contribution in [0.4, 0.5) is 5.69 Å². The van der Waals surface area contributed by atoms with E-state index in [4.69, 9.17) is 0 Å². The molecular weight excluding hydrogens is 396 g/mol. The molecule has 2 aromatic carbocycles. The zero-order chi connectivity index (χ0) is 21.9. The highest BCUT2D eigenvalue weighted by Gasteiger charge is 2.36. The molecule has 0 fully saturated rings. The van der Waals surface area contributed by atoms with Gasteiger partial charge in [0.25, 0.3) is 10.0 Å². The molecule has 6 heteroatoms. The van der Waals surface area contributed by atoms with Crippen LogP contribution in [0.5, 0.6) is 0 Å². The number of carbonyl (C=O) groups is 1. The fourth-order valence-electron chi connectivity index (χ4n) is 4.20. The van der Waals surface area contributed by atoms with Gasteiger partial charge in [-0.05, 0) is 49.4 Å². The zero-order valence-electron chi connectivity index (χ0n) is 18.4. The third-order valence-corrected chi connectivity index (χ3v) is 7.69. The minimum Gasteiger partial charge on any atom is -0.354 e. The molecule has 2 aromatic rings. The molecule has 0 aliphatic carbocycles. The Morgan fingerprint density at radius 3 is 2.57 bits per heavy atom. The van der Waals surface area contributed by atoms with E-state index in [1.165, 1.54) is 4.31 Å². The predicted octanol–water partition coefficient (Wildman–Crippen LogP) is 4.81. The van der Waals surface area contributed by atoms with Crippen molar-refractivity contribution in [1.82, 2.24) is 5.32 Å². The second kappa shape index (κ2) is 9.21. The number of rotatable bonds is 8. The Labute approximate surface area is 180 Å². The number of benzene rings is 2. The molecule has 1 aliphatic rings. The first-order chi connectivity index (χ1) is 14.3. The van der Waals surface area contributed by atoms with Crippen LogP contribution in [0.1, 0.15) is 50.7 Å². The van der Waals surface area contributed by atoms with Crippen molar-refractivity contribution in [3.05, 3.63) is 47.5 Å². The summed E-state index contributed by atoms with van der Waals surface area (Å²) in [5.41, 5.74) is 4.14. The largest absolute Gasteiger partial charge is 0.354 e. The van der Waals surface area contributed by atoms with Gasteiger partial charge in [-0.25, -0.2) is 8.42 Å². The Kier molecular flexibility index (Phi) is 6.86. The molecule has 1 amide bonds. The molecule has 1 heterocycles. The van der Waals surface area contributed by atoms with E-state index in [2.05, 4.69) is 19.2 Å². The molecule has 0 spiro atoms. The number of unbranched alkanes of at least 4 members (excludes halogenated alkanes) is 1. The average molecular weight is 429 g/mol. The van der Waals surface area contributed by atoms with E-state index < -0.39 is 10.0 Å². The zero-order valence-corrected chi connectivity index (χ0v) is 19.2. The summed E-state index contributed by atoms with van der Waals surface area (Å²) >= 11 is 0. The molecule has 162 valence electrons. The minimum absolute atomic E-state index is 0.212. The van der Waals surface area contributed by atoms with Crippen LogP contribution < -0.4 is 9.62 Å². The quantitative estimate of drug-likeness (QED) is 0.656. The Balaban J connectivity index is 1.91. The lowest BCUT2D eigenvalue weighted by atomic mass is 9.96. The number of hydrogen-bond donors (Lipinski definition) is 1. The molecule has 5 nitrogen and oxygen atoms in total. The molecule has 0 unspecified atom stereocenters. The maximum absolute atomic E-state index is 13.4. The number of fused-ring (bicyclic) bond motifs is 3. The number of aryl methyl sites for hydroxylation is 2. The molecule has 0 saturated carbocycles. The van der Waals surface area contributed by atoms with Crippen LogP contribution in [-0.2, 0) is 14.8 Å². The number of nitrogens with one attached hydrogen (secondary N) is 1. The van der Waals surface area contributed by atoms with Crippen molar-refractivity contribution in [1.29, 1.82) is 0 Å². The summed E-state index contributed by atoms with van der Waals surface area (Å²) in [6.45, 7) is 8.58. The number of carbonyl (C=O) groups excluding carboxylic acids is 1. The van der Waals surface area contributed by atoms with Crippen LogP contribution in [0.25, 0.3) is 11.1 Å². The molecule has 30 heavy (non-hydrogen) atoms. The van der Waals surface area contributed by atoms with Gasteiger partial charge in [0.1, 0.15) is 6.54 Å². The highest BCUT2D eigenvalue weighted by molar-refractivity contribution is 7.93. The van der Waals surface area contributed by atoms with E-state index in [1.54, 1.807) is 12.1 Å². The lowest BCUT2D eigenvalue weighted by Crippen LogP contribution is -2.43. The van der Waals surface area contributed by atoms with Crippen LogP contribution >= 0.6 is 0 Å². The van der Waals surface area contributed by atoms with Crippen molar-refractivity contribution in [2.75, 3.05) is 17.4 Å². The van der Waals surface area contributed by atoms with Gasteiger partial charge in [0.15, 0.2) is 0 Å². The van der Waals surface area contributed by atoms with E-state index in [1.807, 2.05) is 38.1 Å². The van der Waals surface area contributed by atoms with Gasteiger partial charge in [0.05, 0.1) is 10.6 Å². The van der Waals surface area contributed by atoms with Gasteiger partial charge in [-0.2, -0.15) is 0 Å². The van der Waals surface area contributed by atoms with Gasteiger partial charge >= 0.3 is 0 Å². The first-order valence-corrected chi connectivity index (χ1v) is 12.2. The molecule has 1 atom stereocenters. The maximum Gasteiger partial charge on any atom is 0.265 e. The molecule has 1 N–H and O–H groups in total. The average Bonchev–Trinajstić information content (AvgIpc) is 2.71. The summed E-state index contributed by atoms with van der Waals surface area (Å²) in [4.78, 5) is 13.0. The third kappa shape index (κ3) is 4.38. The number of amides is 1. The maximum atomic E-state index is 13.4. The van der Waals surface area contributed by atoms with Crippen molar-refractivity contribution in [3.8, 4) is 11.1 Å².